The minimum absolute atomic E-state index is 0.00597. The molecule has 2 aromatic carbocycles. The number of benzene rings is 2. The lowest BCUT2D eigenvalue weighted by atomic mass is 9.99. The zero-order valence-corrected chi connectivity index (χ0v) is 18.9. The molecule has 2 aliphatic rings. The van der Waals surface area contributed by atoms with Crippen LogP contribution in [0.15, 0.2) is 47.4 Å². The highest BCUT2D eigenvalue weighted by molar-refractivity contribution is 7.89. The second-order valence-corrected chi connectivity index (χ2v) is 10.6. The number of halogens is 1. The number of hydrogen-bond donors (Lipinski definition) is 1. The molecule has 0 aliphatic carbocycles. The van der Waals surface area contributed by atoms with E-state index in [1.54, 1.807) is 18.2 Å². The first-order chi connectivity index (χ1) is 15.9. The number of fused-ring (bicyclic) bond motifs is 1. The third-order valence-corrected chi connectivity index (χ3v) is 8.48. The molecule has 0 unspecified atom stereocenters. The Hall–Kier alpha value is -3.09. The molecular formula is C21H19FN4O5S2. The van der Waals surface area contributed by atoms with E-state index in [0.29, 0.717) is 35.0 Å². The van der Waals surface area contributed by atoms with Crippen molar-refractivity contribution in [2.24, 2.45) is 0 Å². The molecule has 1 amide bonds. The van der Waals surface area contributed by atoms with Gasteiger partial charge in [0.1, 0.15) is 10.8 Å². The average molecular weight is 491 g/mol. The van der Waals surface area contributed by atoms with E-state index in [1.807, 2.05) is 0 Å². The molecule has 1 saturated heterocycles. The number of nitrogens with one attached hydrogen (secondary N) is 1. The maximum absolute atomic E-state index is 13.5. The molecule has 0 atom stereocenters. The smallest absolute Gasteiger partial charge is 0.286 e. The number of hydrogen-bond acceptors (Lipinski definition) is 8. The second kappa shape index (κ2) is 8.69. The number of rotatable bonds is 5. The molecule has 2 aliphatic heterocycles. The Morgan fingerprint density at radius 2 is 1.88 bits per heavy atom. The van der Waals surface area contributed by atoms with Crippen LogP contribution in [0, 0.1) is 5.82 Å². The number of piperidine rings is 1. The first kappa shape index (κ1) is 21.7. The van der Waals surface area contributed by atoms with Crippen LogP contribution in [-0.4, -0.2) is 48.7 Å². The Labute approximate surface area is 193 Å². The van der Waals surface area contributed by atoms with Crippen molar-refractivity contribution in [3.05, 3.63) is 58.3 Å². The van der Waals surface area contributed by atoms with Gasteiger partial charge in [0, 0.05) is 30.8 Å². The SMILES string of the molecule is O=C(Nc1ccc2c(c1)OCO2)c1nnc(C2CCN(S(=O)(=O)c3cccc(F)c3)CC2)s1. The van der Waals surface area contributed by atoms with Crippen LogP contribution in [0.1, 0.15) is 33.6 Å². The number of aromatic nitrogens is 2. The van der Waals surface area contributed by atoms with Gasteiger partial charge in [-0.25, -0.2) is 12.8 Å². The van der Waals surface area contributed by atoms with E-state index >= 15 is 0 Å². The molecule has 12 heteroatoms. The Bertz CT molecular complexity index is 1310. The predicted molar refractivity (Wildman–Crippen MR) is 118 cm³/mol. The molecule has 0 spiro atoms. The van der Waals surface area contributed by atoms with E-state index in [-0.39, 0.29) is 41.6 Å². The normalized spacial score (nSPS) is 16.6. The molecule has 1 fully saturated rings. The number of amides is 1. The summed E-state index contributed by atoms with van der Waals surface area (Å²) >= 11 is 1.19. The molecule has 0 radical (unpaired) electrons. The van der Waals surface area contributed by atoms with Gasteiger partial charge in [0.05, 0.1) is 4.90 Å². The summed E-state index contributed by atoms with van der Waals surface area (Å²) in [6.07, 6.45) is 1.07. The molecule has 33 heavy (non-hydrogen) atoms. The molecule has 1 N–H and O–H groups in total. The van der Waals surface area contributed by atoms with Crippen LogP contribution >= 0.6 is 11.3 Å². The van der Waals surface area contributed by atoms with Gasteiger partial charge in [0.25, 0.3) is 5.91 Å². The lowest BCUT2D eigenvalue weighted by molar-refractivity contribution is 0.102. The van der Waals surface area contributed by atoms with Gasteiger partial charge in [0.2, 0.25) is 21.8 Å². The molecule has 172 valence electrons. The van der Waals surface area contributed by atoms with E-state index in [9.17, 15) is 17.6 Å². The van der Waals surface area contributed by atoms with Crippen LogP contribution in [0.25, 0.3) is 0 Å². The summed E-state index contributed by atoms with van der Waals surface area (Å²) in [5.74, 6) is 0.200. The lowest BCUT2D eigenvalue weighted by Crippen LogP contribution is -2.37. The number of ether oxygens (including phenoxy) is 2. The highest BCUT2D eigenvalue weighted by atomic mass is 32.2. The van der Waals surface area contributed by atoms with Gasteiger partial charge in [-0.05, 0) is 43.2 Å². The molecule has 0 saturated carbocycles. The highest BCUT2D eigenvalue weighted by Crippen LogP contribution is 2.35. The Morgan fingerprint density at radius 1 is 1.09 bits per heavy atom. The van der Waals surface area contributed by atoms with Crippen LogP contribution in [0.2, 0.25) is 0 Å². The van der Waals surface area contributed by atoms with Crippen molar-refractivity contribution in [1.29, 1.82) is 0 Å². The van der Waals surface area contributed by atoms with Gasteiger partial charge in [-0.2, -0.15) is 4.31 Å². The predicted octanol–water partition coefficient (Wildman–Crippen LogP) is 3.23. The van der Waals surface area contributed by atoms with Crippen molar-refractivity contribution in [3.8, 4) is 11.5 Å². The van der Waals surface area contributed by atoms with E-state index in [0.717, 1.165) is 6.07 Å². The summed E-state index contributed by atoms with van der Waals surface area (Å²) in [4.78, 5) is 12.5. The van der Waals surface area contributed by atoms with Crippen molar-refractivity contribution in [3.63, 3.8) is 0 Å². The van der Waals surface area contributed by atoms with Gasteiger partial charge >= 0.3 is 0 Å². The third-order valence-electron chi connectivity index (χ3n) is 5.50. The van der Waals surface area contributed by atoms with E-state index in [1.165, 1.54) is 33.8 Å². The number of nitrogens with zero attached hydrogens (tertiary/aromatic N) is 3. The quantitative estimate of drug-likeness (QED) is 0.585. The first-order valence-corrected chi connectivity index (χ1v) is 12.5. The standard InChI is InChI=1S/C21H19FN4O5S2/c22-14-2-1-3-16(10-14)33(28,29)26-8-6-13(7-9-26)20-24-25-21(32-20)19(27)23-15-4-5-17-18(11-15)31-12-30-17/h1-5,10-11,13H,6-9,12H2,(H,23,27). The zero-order chi connectivity index (χ0) is 23.0. The Balaban J connectivity index is 1.22. The van der Waals surface area contributed by atoms with Gasteiger partial charge in [-0.1, -0.05) is 17.4 Å². The van der Waals surface area contributed by atoms with Crippen LogP contribution in [-0.2, 0) is 10.0 Å². The van der Waals surface area contributed by atoms with Crippen molar-refractivity contribution in [2.75, 3.05) is 25.2 Å². The van der Waals surface area contributed by atoms with Gasteiger partial charge in [-0.3, -0.25) is 4.79 Å². The minimum Gasteiger partial charge on any atom is -0.454 e. The van der Waals surface area contributed by atoms with Crippen LogP contribution < -0.4 is 14.8 Å². The average Bonchev–Trinajstić information content (AvgIpc) is 3.49. The first-order valence-electron chi connectivity index (χ1n) is 10.2. The summed E-state index contributed by atoms with van der Waals surface area (Å²) < 4.78 is 51.0. The maximum Gasteiger partial charge on any atom is 0.286 e. The zero-order valence-electron chi connectivity index (χ0n) is 17.2. The largest absolute Gasteiger partial charge is 0.454 e. The topological polar surface area (TPSA) is 111 Å². The number of carbonyl (C=O) groups is 1. The summed E-state index contributed by atoms with van der Waals surface area (Å²) in [7, 11) is -3.76. The number of carbonyl (C=O) groups excluding carboxylic acids is 1. The van der Waals surface area contributed by atoms with E-state index in [4.69, 9.17) is 9.47 Å². The number of sulfonamides is 1. The highest BCUT2D eigenvalue weighted by Gasteiger charge is 2.32. The minimum atomic E-state index is -3.76. The lowest BCUT2D eigenvalue weighted by Gasteiger charge is -2.30. The maximum atomic E-state index is 13.5. The van der Waals surface area contributed by atoms with Crippen LogP contribution in [0.3, 0.4) is 0 Å². The third kappa shape index (κ3) is 4.41. The van der Waals surface area contributed by atoms with Crippen molar-refractivity contribution >= 4 is 33.0 Å². The molecule has 9 nitrogen and oxygen atoms in total. The fourth-order valence-corrected chi connectivity index (χ4v) is 6.18. The molecule has 1 aromatic heterocycles. The molecule has 5 rings (SSSR count). The Kier molecular flexibility index (Phi) is 5.72. The summed E-state index contributed by atoms with van der Waals surface area (Å²) in [6.45, 7) is 0.707. The molecular weight excluding hydrogens is 471 g/mol. The van der Waals surface area contributed by atoms with Gasteiger partial charge in [0.15, 0.2) is 11.5 Å². The van der Waals surface area contributed by atoms with Crippen molar-refractivity contribution in [2.45, 2.75) is 23.7 Å². The summed E-state index contributed by atoms with van der Waals surface area (Å²) in [5, 5.41) is 11.9. The van der Waals surface area contributed by atoms with E-state index in [2.05, 4.69) is 15.5 Å². The fraction of sp³-hybridized carbons (Fsp3) is 0.286. The van der Waals surface area contributed by atoms with Gasteiger partial charge in [-0.15, -0.1) is 10.2 Å². The van der Waals surface area contributed by atoms with Gasteiger partial charge < -0.3 is 14.8 Å². The van der Waals surface area contributed by atoms with Crippen molar-refractivity contribution in [1.82, 2.24) is 14.5 Å². The summed E-state index contributed by atoms with van der Waals surface area (Å²) in [6, 6.07) is 10.1. The Morgan fingerprint density at radius 3 is 2.67 bits per heavy atom. The monoisotopic (exact) mass is 490 g/mol. The second-order valence-electron chi connectivity index (χ2n) is 7.60. The summed E-state index contributed by atoms with van der Waals surface area (Å²) in [5.41, 5.74) is 0.553. The molecule has 0 bridgehead atoms. The number of anilines is 1. The molecule has 3 heterocycles. The van der Waals surface area contributed by atoms with Crippen molar-refractivity contribution < 1.29 is 27.1 Å². The van der Waals surface area contributed by atoms with E-state index < -0.39 is 15.8 Å². The van der Waals surface area contributed by atoms with Crippen LogP contribution in [0.5, 0.6) is 11.5 Å². The molecule has 3 aromatic rings. The van der Waals surface area contributed by atoms with Crippen LogP contribution in [0.4, 0.5) is 10.1 Å². The fourth-order valence-electron chi connectivity index (χ4n) is 3.77.